The van der Waals surface area contributed by atoms with Crippen molar-refractivity contribution < 1.29 is 37.3 Å². The fourth-order valence-corrected chi connectivity index (χ4v) is 10.5. The molecule has 0 spiro atoms. The molecule has 0 aromatic rings. The second-order valence-corrected chi connectivity index (χ2v) is 31.9. The number of ether oxygens (including phenoxy) is 5. The number of halogens is 2. The zero-order valence-electron chi connectivity index (χ0n) is 39.4. The van der Waals surface area contributed by atoms with Gasteiger partial charge in [-0.25, -0.2) is 4.79 Å². The molecule has 336 valence electrons. The Balaban J connectivity index is 2.16. The van der Waals surface area contributed by atoms with E-state index in [9.17, 15) is 4.79 Å². The molecule has 0 amide bonds. The first-order chi connectivity index (χ1) is 26.5. The molecule has 58 heavy (non-hydrogen) atoms. The lowest BCUT2D eigenvalue weighted by atomic mass is 9.95. The topological polar surface area (TPSA) is 81.7 Å². The van der Waals surface area contributed by atoms with E-state index in [-0.39, 0.29) is 58.6 Å². The van der Waals surface area contributed by atoms with E-state index >= 15 is 0 Å². The largest absolute Gasteiger partial charge is 0.458 e. The van der Waals surface area contributed by atoms with E-state index in [1.807, 2.05) is 33.8 Å². The third kappa shape index (κ3) is 18.1. The molecule has 2 aliphatic heterocycles. The Morgan fingerprint density at radius 3 is 1.95 bits per heavy atom. The van der Waals surface area contributed by atoms with Crippen LogP contribution in [0, 0.1) is 5.92 Å². The molecular weight excluding hydrogens is 990 g/mol. The van der Waals surface area contributed by atoms with Gasteiger partial charge in [0.2, 0.25) is 0 Å². The number of rotatable bonds is 22. The molecule has 0 unspecified atom stereocenters. The van der Waals surface area contributed by atoms with Crippen molar-refractivity contribution in [3.05, 3.63) is 47.6 Å². The first kappa shape index (κ1) is 54.2. The average molecular weight is 1070 g/mol. The summed E-state index contributed by atoms with van der Waals surface area (Å²) >= 11 is 4.76. The Kier molecular flexibility index (Phi) is 21.6. The van der Waals surface area contributed by atoms with Gasteiger partial charge in [-0.1, -0.05) is 135 Å². The van der Waals surface area contributed by atoms with Gasteiger partial charge in [-0.2, -0.15) is 0 Å². The van der Waals surface area contributed by atoms with E-state index in [4.69, 9.17) is 32.5 Å². The summed E-state index contributed by atoms with van der Waals surface area (Å²) in [6.07, 6.45) is 16.8. The van der Waals surface area contributed by atoms with Crippen molar-refractivity contribution in [2.24, 2.45) is 5.92 Å². The van der Waals surface area contributed by atoms with E-state index in [0.29, 0.717) is 13.0 Å². The van der Waals surface area contributed by atoms with Crippen LogP contribution in [0.15, 0.2) is 47.6 Å². The molecule has 2 heterocycles. The minimum Gasteiger partial charge on any atom is -0.458 e. The van der Waals surface area contributed by atoms with Crippen LogP contribution in [0.1, 0.15) is 129 Å². The van der Waals surface area contributed by atoms with Crippen LogP contribution < -0.4 is 0 Å². The summed E-state index contributed by atoms with van der Waals surface area (Å²) in [6.45, 7) is 37.7. The second kappa shape index (κ2) is 23.1. The van der Waals surface area contributed by atoms with Gasteiger partial charge in [-0.05, 0) is 110 Å². The van der Waals surface area contributed by atoms with Gasteiger partial charge in [0, 0.05) is 27.3 Å². The highest BCUT2D eigenvalue weighted by molar-refractivity contribution is 14.1. The van der Waals surface area contributed by atoms with Gasteiger partial charge in [-0.15, -0.1) is 0 Å². The summed E-state index contributed by atoms with van der Waals surface area (Å²) in [6, 6.07) is 0. The lowest BCUT2D eigenvalue weighted by Crippen LogP contribution is -2.49. The van der Waals surface area contributed by atoms with E-state index in [0.717, 1.165) is 52.1 Å². The number of unbranched alkanes of at least 4 members (excludes halogenated alkanes) is 1. The molecule has 8 nitrogen and oxygen atoms in total. The van der Waals surface area contributed by atoms with Gasteiger partial charge < -0.3 is 32.5 Å². The van der Waals surface area contributed by atoms with Crippen LogP contribution in [0.25, 0.3) is 0 Å². The van der Waals surface area contributed by atoms with E-state index in [1.165, 1.54) is 0 Å². The number of carbonyl (C=O) groups excluding carboxylic acids is 1. The Hall–Kier alpha value is 0.0838. The summed E-state index contributed by atoms with van der Waals surface area (Å²) in [4.78, 5) is 13.3. The summed E-state index contributed by atoms with van der Waals surface area (Å²) in [5.74, 6) is -1.48. The first-order valence-electron chi connectivity index (χ1n) is 21.5. The molecular formula is C46H82I2O8Si2. The Bertz CT molecular complexity index is 1410. The van der Waals surface area contributed by atoms with Crippen LogP contribution in [0.5, 0.6) is 0 Å². The van der Waals surface area contributed by atoms with Gasteiger partial charge in [-0.3, -0.25) is 0 Å². The van der Waals surface area contributed by atoms with Crippen LogP contribution in [0.3, 0.4) is 0 Å². The lowest BCUT2D eigenvalue weighted by Gasteiger charge is -2.41. The van der Waals surface area contributed by atoms with Crippen LogP contribution in [0.2, 0.25) is 36.3 Å². The predicted octanol–water partition coefficient (Wildman–Crippen LogP) is 13.2. The lowest BCUT2D eigenvalue weighted by molar-refractivity contribution is -0.153. The third-order valence-electron chi connectivity index (χ3n) is 12.1. The van der Waals surface area contributed by atoms with Gasteiger partial charge in [0.1, 0.15) is 12.2 Å². The quantitative estimate of drug-likeness (QED) is 0.0155. The van der Waals surface area contributed by atoms with E-state index in [2.05, 4.69) is 158 Å². The van der Waals surface area contributed by atoms with Gasteiger partial charge in [0.25, 0.3) is 0 Å². The Morgan fingerprint density at radius 1 is 0.793 bits per heavy atom. The molecule has 12 heteroatoms. The molecule has 0 radical (unpaired) electrons. The SMILES string of the molecule is C/C(=C\[C@@H](C)[C@@H](C/C(C)=C/C=C/CC[C@H](O[Si](C)(C)C(C)(C)C)[C@H]1OC(C)(C)O[C@@H]1CI)OC(=O)/C=C/CCC[C@@H]1OC(C)(C)O[C@H]1CI)CO[Si](C)(C)C(C)(C)C. The fourth-order valence-electron chi connectivity index (χ4n) is 6.66. The normalized spacial score (nSPS) is 25.2. The minimum absolute atomic E-state index is 0.00208. The predicted molar refractivity (Wildman–Crippen MR) is 263 cm³/mol. The molecule has 0 aromatic carbocycles. The molecule has 0 aliphatic carbocycles. The number of alkyl halides is 2. The smallest absolute Gasteiger partial charge is 0.330 e. The van der Waals surface area contributed by atoms with Crippen molar-refractivity contribution in [3.8, 4) is 0 Å². The van der Waals surface area contributed by atoms with E-state index < -0.39 is 28.2 Å². The van der Waals surface area contributed by atoms with Gasteiger partial charge in [0.15, 0.2) is 28.2 Å². The molecule has 2 aliphatic rings. The number of esters is 1. The minimum atomic E-state index is -2.06. The summed E-state index contributed by atoms with van der Waals surface area (Å²) < 4.78 is 46.4. The monoisotopic (exact) mass is 1070 g/mol. The van der Waals surface area contributed by atoms with Crippen molar-refractivity contribution in [2.75, 3.05) is 15.5 Å². The fraction of sp³-hybridized carbons (Fsp3) is 0.804. The summed E-state index contributed by atoms with van der Waals surface area (Å²) in [7, 11) is -3.96. The zero-order valence-corrected chi connectivity index (χ0v) is 45.7. The highest BCUT2D eigenvalue weighted by Crippen LogP contribution is 2.41. The standard InChI is InChI=1S/C46H82I2O8Si2/c1-33(24-20-18-22-26-37(56-58(16,17)44(7,8)9)42-40(31-48)54-46(12,13)55-42)29-38(35(3)28-34(2)32-50-57(14,15)43(4,5)6)51-41(49)27-23-19-21-25-36-39(30-47)53-45(10,11)52-36/h18,20,23-24,27-28,35-40,42H,19,21-22,25-26,29-32H2,1-17H3/b20-18+,27-23+,33-24+,34-28+/t35-,36+,37+,38-,39+,40-,42-/m1/s1. The molecule has 2 saturated heterocycles. The van der Waals surface area contributed by atoms with Crippen LogP contribution in [0.4, 0.5) is 0 Å². The van der Waals surface area contributed by atoms with Crippen molar-refractivity contribution >= 4 is 67.8 Å². The maximum absolute atomic E-state index is 13.3. The van der Waals surface area contributed by atoms with Crippen molar-refractivity contribution in [3.63, 3.8) is 0 Å². The third-order valence-corrected chi connectivity index (χ3v) is 22.8. The highest BCUT2D eigenvalue weighted by Gasteiger charge is 2.48. The average Bonchev–Trinajstić information content (AvgIpc) is 3.57. The van der Waals surface area contributed by atoms with Gasteiger partial charge >= 0.3 is 5.97 Å². The summed E-state index contributed by atoms with van der Waals surface area (Å²) in [5.41, 5.74) is 2.30. The molecule has 2 rings (SSSR count). The Morgan fingerprint density at radius 2 is 1.36 bits per heavy atom. The molecule has 0 N–H and O–H groups in total. The summed E-state index contributed by atoms with van der Waals surface area (Å²) in [5, 5.41) is 0.223. The number of hydrogen-bond donors (Lipinski definition) is 0. The maximum atomic E-state index is 13.3. The molecule has 0 aromatic heterocycles. The molecule has 0 bridgehead atoms. The van der Waals surface area contributed by atoms with Crippen molar-refractivity contribution in [2.45, 2.75) is 213 Å². The number of hydrogen-bond acceptors (Lipinski definition) is 8. The van der Waals surface area contributed by atoms with Crippen LogP contribution in [-0.4, -0.2) is 86.3 Å². The van der Waals surface area contributed by atoms with Crippen LogP contribution >= 0.6 is 45.2 Å². The second-order valence-electron chi connectivity index (χ2n) is 20.5. The maximum Gasteiger partial charge on any atom is 0.330 e. The van der Waals surface area contributed by atoms with Crippen LogP contribution in [-0.2, 0) is 37.3 Å². The Labute approximate surface area is 384 Å². The zero-order chi connectivity index (χ0) is 44.3. The van der Waals surface area contributed by atoms with Crippen molar-refractivity contribution in [1.82, 2.24) is 0 Å². The van der Waals surface area contributed by atoms with Gasteiger partial charge in [0.05, 0.1) is 31.0 Å². The van der Waals surface area contributed by atoms with E-state index in [1.54, 1.807) is 6.08 Å². The highest BCUT2D eigenvalue weighted by atomic mass is 127. The number of carbonyl (C=O) groups is 1. The number of allylic oxidation sites excluding steroid dienone is 4. The van der Waals surface area contributed by atoms with Crippen molar-refractivity contribution in [1.29, 1.82) is 0 Å². The molecule has 7 atom stereocenters. The molecule has 0 saturated carbocycles. The molecule has 2 fully saturated rings. The first-order valence-corrected chi connectivity index (χ1v) is 30.4.